The molecule has 7 atom stereocenters. The van der Waals surface area contributed by atoms with E-state index in [1.54, 1.807) is 18.2 Å². The number of fused-ring (bicyclic) bond motifs is 1. The molecule has 2 saturated heterocycles. The lowest BCUT2D eigenvalue weighted by Crippen LogP contribution is -2.51. The van der Waals surface area contributed by atoms with Gasteiger partial charge in [0.2, 0.25) is 10.0 Å². The Balaban J connectivity index is 1.08. The maximum Gasteiger partial charge on any atom is 0.407 e. The van der Waals surface area contributed by atoms with Gasteiger partial charge in [-0.2, -0.15) is 4.31 Å². The topological polar surface area (TPSA) is 139 Å². The predicted octanol–water partition coefficient (Wildman–Crippen LogP) is 4.61. The zero-order valence-corrected chi connectivity index (χ0v) is 28.4. The number of carbonyl (C=O) groups is 1. The Labute approximate surface area is 280 Å². The molecular formula is C34H44N4O7S2. The van der Waals surface area contributed by atoms with Gasteiger partial charge >= 0.3 is 6.09 Å². The number of benzene rings is 2. The second kappa shape index (κ2) is 13.6. The lowest BCUT2D eigenvalue weighted by molar-refractivity contribution is -0.173. The summed E-state index contributed by atoms with van der Waals surface area (Å²) in [7, 11) is -3.99. The molecular weight excluding hydrogens is 641 g/mol. The minimum absolute atomic E-state index is 0.00181. The lowest BCUT2D eigenvalue weighted by Gasteiger charge is -2.33. The third-order valence-electron chi connectivity index (χ3n) is 9.76. The Morgan fingerprint density at radius 3 is 2.70 bits per heavy atom. The number of rotatable bonds is 13. The average Bonchev–Trinajstić information content (AvgIpc) is 3.45. The largest absolute Gasteiger partial charge is 0.446 e. The van der Waals surface area contributed by atoms with Crippen LogP contribution in [-0.4, -0.2) is 85.8 Å². The van der Waals surface area contributed by atoms with Crippen molar-refractivity contribution in [3.63, 3.8) is 0 Å². The van der Waals surface area contributed by atoms with Gasteiger partial charge in [-0.25, -0.2) is 18.2 Å². The van der Waals surface area contributed by atoms with Crippen LogP contribution >= 0.6 is 11.3 Å². The first-order chi connectivity index (χ1) is 22.6. The Hall–Kier alpha value is -2.81. The van der Waals surface area contributed by atoms with Gasteiger partial charge in [-0.05, 0) is 67.7 Å². The highest BCUT2D eigenvalue weighted by molar-refractivity contribution is 7.89. The number of alkyl carbamates (subject to hydrolysis) is 1. The maximum absolute atomic E-state index is 14.1. The number of ether oxygens (including phenoxy) is 3. The number of nitrogens with one attached hydrogen (secondary N) is 2. The fraction of sp³-hybridized carbons (Fsp3) is 0.588. The Morgan fingerprint density at radius 1 is 1.13 bits per heavy atom. The predicted molar refractivity (Wildman–Crippen MR) is 179 cm³/mol. The van der Waals surface area contributed by atoms with Gasteiger partial charge in [0.05, 0.1) is 40.5 Å². The molecule has 3 heterocycles. The van der Waals surface area contributed by atoms with Crippen molar-refractivity contribution in [1.29, 1.82) is 0 Å². The number of thiazole rings is 1. The van der Waals surface area contributed by atoms with Crippen molar-refractivity contribution in [2.75, 3.05) is 31.6 Å². The van der Waals surface area contributed by atoms with Crippen molar-refractivity contribution in [3.8, 4) is 0 Å². The molecule has 2 aliphatic heterocycles. The van der Waals surface area contributed by atoms with Crippen LogP contribution < -0.4 is 10.6 Å². The third kappa shape index (κ3) is 7.30. The first-order valence-corrected chi connectivity index (χ1v) is 19.0. The minimum Gasteiger partial charge on any atom is -0.446 e. The number of aliphatic hydroxyl groups excluding tert-OH is 1. The van der Waals surface area contributed by atoms with E-state index >= 15 is 0 Å². The van der Waals surface area contributed by atoms with Gasteiger partial charge in [0.25, 0.3) is 0 Å². The smallest absolute Gasteiger partial charge is 0.407 e. The Morgan fingerprint density at radius 2 is 1.94 bits per heavy atom. The van der Waals surface area contributed by atoms with Crippen LogP contribution in [0.25, 0.3) is 10.2 Å². The SMILES string of the molecule is CC(C)CN(C[C@@H](O)[C@H](Cc1ccccc1)NC(=O)O[C@@H]1CC2CO[C@@H]3OCCC1[C@H]23)S(=O)(=O)c1ccc2nc(NC3CC3)sc2c1. The molecule has 4 fully saturated rings. The van der Waals surface area contributed by atoms with Crippen molar-refractivity contribution in [2.45, 2.75) is 81.4 Å². The molecule has 13 heteroatoms. The van der Waals surface area contributed by atoms with Crippen LogP contribution in [0.5, 0.6) is 0 Å². The summed E-state index contributed by atoms with van der Waals surface area (Å²) in [6, 6.07) is 14.2. The van der Waals surface area contributed by atoms with E-state index in [1.165, 1.54) is 15.6 Å². The molecule has 0 radical (unpaired) electrons. The fourth-order valence-electron chi connectivity index (χ4n) is 7.32. The molecule has 254 valence electrons. The second-order valence-corrected chi connectivity index (χ2v) is 16.8. The summed E-state index contributed by atoms with van der Waals surface area (Å²) in [6.07, 6.45) is 1.77. The van der Waals surface area contributed by atoms with Gasteiger partial charge in [-0.3, -0.25) is 0 Å². The molecule has 2 unspecified atom stereocenters. The Kier molecular flexibility index (Phi) is 9.47. The van der Waals surface area contributed by atoms with Crippen LogP contribution in [0.2, 0.25) is 0 Å². The van der Waals surface area contributed by atoms with Crippen LogP contribution in [-0.2, 0) is 30.7 Å². The number of amides is 1. The van der Waals surface area contributed by atoms with E-state index in [0.717, 1.165) is 46.6 Å². The number of aliphatic hydroxyl groups is 1. The Bertz CT molecular complexity index is 1660. The van der Waals surface area contributed by atoms with Crippen molar-refractivity contribution >= 4 is 42.8 Å². The van der Waals surface area contributed by atoms with Gasteiger partial charge in [0.15, 0.2) is 11.4 Å². The molecule has 3 aromatic rings. The van der Waals surface area contributed by atoms with Gasteiger partial charge in [0.1, 0.15) is 6.10 Å². The quantitative estimate of drug-likeness (QED) is 0.236. The number of anilines is 1. The summed E-state index contributed by atoms with van der Waals surface area (Å²) < 4.78 is 48.0. The van der Waals surface area contributed by atoms with E-state index in [1.807, 2.05) is 44.2 Å². The molecule has 0 spiro atoms. The monoisotopic (exact) mass is 684 g/mol. The number of sulfonamides is 1. The average molecular weight is 685 g/mol. The summed E-state index contributed by atoms with van der Waals surface area (Å²) >= 11 is 1.44. The molecule has 47 heavy (non-hydrogen) atoms. The summed E-state index contributed by atoms with van der Waals surface area (Å²) in [6.45, 7) is 5.07. The second-order valence-electron chi connectivity index (χ2n) is 13.8. The summed E-state index contributed by atoms with van der Waals surface area (Å²) in [5, 5.41) is 18.8. The molecule has 11 nitrogen and oxygen atoms in total. The molecule has 1 amide bonds. The zero-order chi connectivity index (χ0) is 32.7. The van der Waals surface area contributed by atoms with E-state index in [4.69, 9.17) is 14.2 Å². The van der Waals surface area contributed by atoms with Crippen LogP contribution in [0.15, 0.2) is 53.4 Å². The van der Waals surface area contributed by atoms with E-state index in [-0.39, 0.29) is 48.1 Å². The molecule has 1 aromatic heterocycles. The number of hydrogen-bond acceptors (Lipinski definition) is 10. The van der Waals surface area contributed by atoms with E-state index in [0.29, 0.717) is 31.6 Å². The molecule has 2 aliphatic carbocycles. The van der Waals surface area contributed by atoms with E-state index in [9.17, 15) is 18.3 Å². The molecule has 4 aliphatic rings. The van der Waals surface area contributed by atoms with Gasteiger partial charge in [0, 0.05) is 31.0 Å². The number of hydrogen-bond donors (Lipinski definition) is 3. The summed E-state index contributed by atoms with van der Waals surface area (Å²) in [5.41, 5.74) is 1.65. The highest BCUT2D eigenvalue weighted by Crippen LogP contribution is 2.50. The highest BCUT2D eigenvalue weighted by atomic mass is 32.2. The van der Waals surface area contributed by atoms with Gasteiger partial charge in [-0.15, -0.1) is 0 Å². The van der Waals surface area contributed by atoms with Crippen LogP contribution in [0.3, 0.4) is 0 Å². The fourth-order valence-corrected chi connectivity index (χ4v) is 10.0. The van der Waals surface area contributed by atoms with Gasteiger partial charge < -0.3 is 30.0 Å². The lowest BCUT2D eigenvalue weighted by atomic mass is 9.87. The van der Waals surface area contributed by atoms with Crippen molar-refractivity contribution < 1.29 is 32.5 Å². The highest BCUT2D eigenvalue weighted by Gasteiger charge is 2.55. The molecule has 3 N–H and O–H groups in total. The minimum atomic E-state index is -3.99. The molecule has 0 bridgehead atoms. The standard InChI is InChI=1S/C34H44N4O7S2/c1-20(2)17-38(47(41,42)24-10-11-26-30(16-24)46-33(36-26)35-23-8-9-23)18-28(39)27(14-21-6-4-3-5-7-21)37-34(40)45-29-15-22-19-44-32-31(22)25(29)12-13-43-32/h3-7,10-11,16,20,22-23,25,27-29,31-32,39H,8-9,12-15,17-19H2,1-2H3,(H,35,36)(H,37,40)/t22?,25?,27-,28+,29+,31-,32-/m0/s1. The maximum atomic E-state index is 14.1. The van der Waals surface area contributed by atoms with Crippen molar-refractivity contribution in [2.24, 2.45) is 23.7 Å². The van der Waals surface area contributed by atoms with Crippen LogP contribution in [0.1, 0.15) is 45.1 Å². The number of carbonyl (C=O) groups excluding carboxylic acids is 1. The zero-order valence-electron chi connectivity index (χ0n) is 26.8. The number of aromatic nitrogens is 1. The summed E-state index contributed by atoms with van der Waals surface area (Å²) in [5.74, 6) is 0.701. The van der Waals surface area contributed by atoms with Crippen molar-refractivity contribution in [3.05, 3.63) is 54.1 Å². The van der Waals surface area contributed by atoms with Gasteiger partial charge in [-0.1, -0.05) is 55.5 Å². The molecule has 7 rings (SSSR count). The third-order valence-corrected chi connectivity index (χ3v) is 12.5. The van der Waals surface area contributed by atoms with E-state index < -0.39 is 28.3 Å². The molecule has 2 aromatic carbocycles. The number of nitrogens with zero attached hydrogens (tertiary/aromatic N) is 2. The summed E-state index contributed by atoms with van der Waals surface area (Å²) in [4.78, 5) is 18.2. The first kappa shape index (κ1) is 32.7. The molecule has 2 saturated carbocycles. The van der Waals surface area contributed by atoms with Crippen molar-refractivity contribution in [1.82, 2.24) is 14.6 Å². The van der Waals surface area contributed by atoms with E-state index in [2.05, 4.69) is 15.6 Å². The van der Waals surface area contributed by atoms with Crippen LogP contribution in [0, 0.1) is 23.7 Å². The first-order valence-electron chi connectivity index (χ1n) is 16.7. The van der Waals surface area contributed by atoms with Crippen LogP contribution in [0.4, 0.5) is 9.93 Å². The normalized spacial score (nSPS) is 26.8.